The molecular weight excluding hydrogens is 326 g/mol. The van der Waals surface area contributed by atoms with Gasteiger partial charge in [-0.15, -0.1) is 0 Å². The molecule has 3 rings (SSSR count). The van der Waals surface area contributed by atoms with E-state index in [-0.39, 0.29) is 5.91 Å². The second kappa shape index (κ2) is 8.76. The van der Waals surface area contributed by atoms with E-state index in [1.54, 1.807) is 6.07 Å². The van der Waals surface area contributed by atoms with E-state index in [9.17, 15) is 4.79 Å². The number of carbonyl (C=O) groups excluding carboxylic acids is 1. The quantitative estimate of drug-likeness (QED) is 0.804. The average molecular weight is 353 g/mol. The Bertz CT molecular complexity index is 726. The fraction of sp³-hybridized carbons (Fsp3) is 0.450. The number of anilines is 1. The fourth-order valence-corrected chi connectivity index (χ4v) is 3.05. The lowest BCUT2D eigenvalue weighted by Gasteiger charge is -2.32. The van der Waals surface area contributed by atoms with Crippen LogP contribution >= 0.6 is 0 Å². The van der Waals surface area contributed by atoms with Gasteiger partial charge >= 0.3 is 0 Å². The molecule has 138 valence electrons. The van der Waals surface area contributed by atoms with E-state index in [2.05, 4.69) is 44.3 Å². The Morgan fingerprint density at radius 3 is 2.58 bits per heavy atom. The molecule has 0 atom stereocenters. The summed E-state index contributed by atoms with van der Waals surface area (Å²) in [4.78, 5) is 25.9. The summed E-state index contributed by atoms with van der Waals surface area (Å²) in [5.41, 5.74) is 2.56. The van der Waals surface area contributed by atoms with Crippen molar-refractivity contribution in [1.82, 2.24) is 20.2 Å². The molecule has 0 unspecified atom stereocenters. The molecule has 1 N–H and O–H groups in total. The number of aryl methyl sites for hydroxylation is 2. The van der Waals surface area contributed by atoms with E-state index in [4.69, 9.17) is 0 Å². The zero-order chi connectivity index (χ0) is 18.4. The van der Waals surface area contributed by atoms with Crippen LogP contribution in [0.1, 0.15) is 28.2 Å². The molecule has 1 aromatic heterocycles. The number of nitrogens with one attached hydrogen (secondary N) is 1. The number of amides is 1. The van der Waals surface area contributed by atoms with Gasteiger partial charge in [0.15, 0.2) is 0 Å². The average Bonchev–Trinajstić information content (AvgIpc) is 2.66. The Morgan fingerprint density at radius 1 is 1.12 bits per heavy atom. The summed E-state index contributed by atoms with van der Waals surface area (Å²) in [5, 5.41) is 2.98. The smallest absolute Gasteiger partial charge is 0.270 e. The number of carbonyl (C=O) groups is 1. The van der Waals surface area contributed by atoms with Crippen molar-refractivity contribution in [3.05, 3.63) is 53.3 Å². The number of rotatable bonds is 6. The number of hydrogen-bond donors (Lipinski definition) is 1. The Balaban J connectivity index is 1.55. The first-order chi connectivity index (χ1) is 12.6. The molecule has 1 amide bonds. The standard InChI is InChI=1S/C20H27N5O/c1-16-15-18(23-20(22-16)25-13-11-24(2)12-14-25)19(26)21-10-6-9-17-7-4-3-5-8-17/h3-5,7-8,15H,6,9-14H2,1-2H3,(H,21,26). The van der Waals surface area contributed by atoms with Crippen LogP contribution in [0.25, 0.3) is 0 Å². The molecule has 1 aromatic carbocycles. The number of nitrogens with zero attached hydrogens (tertiary/aromatic N) is 4. The summed E-state index contributed by atoms with van der Waals surface area (Å²) in [6.45, 7) is 6.29. The minimum absolute atomic E-state index is 0.126. The maximum Gasteiger partial charge on any atom is 0.270 e. The summed E-state index contributed by atoms with van der Waals surface area (Å²) in [7, 11) is 2.11. The number of likely N-dealkylation sites (N-methyl/N-ethyl adjacent to an activating group) is 1. The Hall–Kier alpha value is -2.47. The van der Waals surface area contributed by atoms with Crippen molar-refractivity contribution >= 4 is 11.9 Å². The molecule has 1 fully saturated rings. The van der Waals surface area contributed by atoms with Crippen LogP contribution in [0.5, 0.6) is 0 Å². The summed E-state index contributed by atoms with van der Waals surface area (Å²) < 4.78 is 0. The maximum absolute atomic E-state index is 12.5. The molecule has 1 saturated heterocycles. The van der Waals surface area contributed by atoms with Crippen LogP contribution in [0.15, 0.2) is 36.4 Å². The molecule has 0 bridgehead atoms. The third kappa shape index (κ3) is 5.02. The second-order valence-electron chi connectivity index (χ2n) is 6.83. The highest BCUT2D eigenvalue weighted by atomic mass is 16.1. The molecule has 6 heteroatoms. The van der Waals surface area contributed by atoms with E-state index < -0.39 is 0 Å². The van der Waals surface area contributed by atoms with Gasteiger partial charge in [-0.05, 0) is 38.4 Å². The van der Waals surface area contributed by atoms with Crippen LogP contribution < -0.4 is 10.2 Å². The summed E-state index contributed by atoms with van der Waals surface area (Å²) in [6, 6.07) is 12.1. The van der Waals surface area contributed by atoms with Crippen molar-refractivity contribution in [1.29, 1.82) is 0 Å². The van der Waals surface area contributed by atoms with E-state index in [0.29, 0.717) is 18.2 Å². The summed E-state index contributed by atoms with van der Waals surface area (Å²) in [5.74, 6) is 0.534. The minimum Gasteiger partial charge on any atom is -0.351 e. The van der Waals surface area contributed by atoms with Crippen LogP contribution in [-0.4, -0.2) is 60.5 Å². The van der Waals surface area contributed by atoms with E-state index >= 15 is 0 Å². The lowest BCUT2D eigenvalue weighted by atomic mass is 10.1. The SMILES string of the molecule is Cc1cc(C(=O)NCCCc2ccccc2)nc(N2CCN(C)CC2)n1. The highest BCUT2D eigenvalue weighted by Gasteiger charge is 2.18. The van der Waals surface area contributed by atoms with Gasteiger partial charge in [-0.25, -0.2) is 9.97 Å². The maximum atomic E-state index is 12.5. The Kier molecular flexibility index (Phi) is 6.17. The van der Waals surface area contributed by atoms with Gasteiger partial charge in [-0.1, -0.05) is 30.3 Å². The van der Waals surface area contributed by atoms with Gasteiger partial charge in [-0.3, -0.25) is 4.79 Å². The summed E-state index contributed by atoms with van der Waals surface area (Å²) in [6.07, 6.45) is 1.86. The molecule has 26 heavy (non-hydrogen) atoms. The van der Waals surface area contributed by atoms with Crippen molar-refractivity contribution in [2.24, 2.45) is 0 Å². The van der Waals surface area contributed by atoms with Crippen molar-refractivity contribution in [3.63, 3.8) is 0 Å². The molecule has 2 aromatic rings. The zero-order valence-electron chi connectivity index (χ0n) is 15.6. The van der Waals surface area contributed by atoms with Crippen LogP contribution in [0.4, 0.5) is 5.95 Å². The van der Waals surface area contributed by atoms with Crippen molar-refractivity contribution < 1.29 is 4.79 Å². The molecule has 0 spiro atoms. The van der Waals surface area contributed by atoms with Crippen molar-refractivity contribution in [3.8, 4) is 0 Å². The first-order valence-electron chi connectivity index (χ1n) is 9.23. The molecule has 6 nitrogen and oxygen atoms in total. The number of piperazine rings is 1. The molecular formula is C20H27N5O. The first-order valence-corrected chi connectivity index (χ1v) is 9.23. The Morgan fingerprint density at radius 2 is 1.85 bits per heavy atom. The van der Waals surface area contributed by atoms with Crippen molar-refractivity contribution in [2.75, 3.05) is 44.7 Å². The van der Waals surface area contributed by atoms with Gasteiger partial charge < -0.3 is 15.1 Å². The lowest BCUT2D eigenvalue weighted by Crippen LogP contribution is -2.45. The highest BCUT2D eigenvalue weighted by Crippen LogP contribution is 2.13. The van der Waals surface area contributed by atoms with Crippen LogP contribution in [0, 0.1) is 6.92 Å². The number of hydrogen-bond acceptors (Lipinski definition) is 5. The zero-order valence-corrected chi connectivity index (χ0v) is 15.6. The molecule has 2 heterocycles. The molecule has 0 saturated carbocycles. The normalized spacial score (nSPS) is 15.1. The van der Waals surface area contributed by atoms with E-state index in [1.165, 1.54) is 5.56 Å². The first kappa shape index (κ1) is 18.3. The van der Waals surface area contributed by atoms with E-state index in [1.807, 2.05) is 25.1 Å². The van der Waals surface area contributed by atoms with Gasteiger partial charge in [0.05, 0.1) is 0 Å². The van der Waals surface area contributed by atoms with Gasteiger partial charge in [0, 0.05) is 38.4 Å². The van der Waals surface area contributed by atoms with Crippen LogP contribution in [0.3, 0.4) is 0 Å². The number of aromatic nitrogens is 2. The monoisotopic (exact) mass is 353 g/mol. The van der Waals surface area contributed by atoms with Crippen LogP contribution in [-0.2, 0) is 6.42 Å². The predicted octanol–water partition coefficient (Wildman–Crippen LogP) is 1.90. The third-order valence-corrected chi connectivity index (χ3v) is 4.63. The lowest BCUT2D eigenvalue weighted by molar-refractivity contribution is 0.0948. The predicted molar refractivity (Wildman–Crippen MR) is 104 cm³/mol. The van der Waals surface area contributed by atoms with Gasteiger partial charge in [0.2, 0.25) is 5.95 Å². The third-order valence-electron chi connectivity index (χ3n) is 4.63. The second-order valence-corrected chi connectivity index (χ2v) is 6.83. The highest BCUT2D eigenvalue weighted by molar-refractivity contribution is 5.92. The van der Waals surface area contributed by atoms with Gasteiger partial charge in [0.25, 0.3) is 5.91 Å². The number of benzene rings is 1. The molecule has 1 aliphatic heterocycles. The Labute approximate surface area is 155 Å². The minimum atomic E-state index is -0.126. The van der Waals surface area contributed by atoms with Crippen molar-refractivity contribution in [2.45, 2.75) is 19.8 Å². The molecule has 1 aliphatic rings. The van der Waals surface area contributed by atoms with Crippen LogP contribution in [0.2, 0.25) is 0 Å². The molecule has 0 aliphatic carbocycles. The van der Waals surface area contributed by atoms with E-state index in [0.717, 1.165) is 44.7 Å². The fourth-order valence-electron chi connectivity index (χ4n) is 3.05. The molecule has 0 radical (unpaired) electrons. The van der Waals surface area contributed by atoms with Gasteiger partial charge in [-0.2, -0.15) is 0 Å². The van der Waals surface area contributed by atoms with Gasteiger partial charge in [0.1, 0.15) is 5.69 Å². The largest absolute Gasteiger partial charge is 0.351 e. The topological polar surface area (TPSA) is 61.4 Å². The summed E-state index contributed by atoms with van der Waals surface area (Å²) >= 11 is 0.